The maximum absolute atomic E-state index is 13.3. The minimum absolute atomic E-state index is 0.0644. The normalized spacial score (nSPS) is 11.7. The lowest BCUT2D eigenvalue weighted by atomic mass is 10.0. The number of aromatic nitrogens is 1. The Kier molecular flexibility index (Phi) is 7.92. The molecule has 1 aromatic heterocycles. The van der Waals surface area contributed by atoms with Gasteiger partial charge in [0.1, 0.15) is 23.2 Å². The van der Waals surface area contributed by atoms with Crippen LogP contribution in [0.2, 0.25) is 0 Å². The highest BCUT2D eigenvalue weighted by atomic mass is 16.5. The fraction of sp³-hybridized carbons (Fsp3) is 0.125. The van der Waals surface area contributed by atoms with Gasteiger partial charge < -0.3 is 19.8 Å². The van der Waals surface area contributed by atoms with E-state index in [9.17, 15) is 9.59 Å². The number of amides is 1. The summed E-state index contributed by atoms with van der Waals surface area (Å²) in [6.07, 6.45) is 0.151. The highest BCUT2D eigenvalue weighted by Crippen LogP contribution is 2.21. The molecular weight excluding hydrogens is 476 g/mol. The third-order valence-corrected chi connectivity index (χ3v) is 6.15. The van der Waals surface area contributed by atoms with Crippen molar-refractivity contribution in [2.45, 2.75) is 19.1 Å². The van der Waals surface area contributed by atoms with Crippen molar-refractivity contribution in [2.24, 2.45) is 0 Å². The number of nitrogens with one attached hydrogen (secondary N) is 2. The molecule has 2 N–H and O–H groups in total. The van der Waals surface area contributed by atoms with Crippen molar-refractivity contribution in [1.29, 1.82) is 0 Å². The number of benzene rings is 4. The molecule has 190 valence electrons. The molecule has 0 saturated heterocycles. The Bertz CT molecular complexity index is 1460. The predicted molar refractivity (Wildman–Crippen MR) is 147 cm³/mol. The second kappa shape index (κ2) is 12.0. The van der Waals surface area contributed by atoms with Crippen LogP contribution in [0.25, 0.3) is 10.9 Å². The van der Waals surface area contributed by atoms with E-state index in [-0.39, 0.29) is 24.7 Å². The van der Waals surface area contributed by atoms with E-state index in [0.29, 0.717) is 18.1 Å². The number of ketones is 1. The van der Waals surface area contributed by atoms with Gasteiger partial charge >= 0.3 is 0 Å². The maximum atomic E-state index is 13.3. The minimum atomic E-state index is -0.808. The van der Waals surface area contributed by atoms with Gasteiger partial charge in [-0.05, 0) is 47.5 Å². The first-order chi connectivity index (χ1) is 18.6. The van der Waals surface area contributed by atoms with E-state index in [2.05, 4.69) is 10.3 Å². The predicted octanol–water partition coefficient (Wildman–Crippen LogP) is 6.09. The topological polar surface area (TPSA) is 80.4 Å². The zero-order valence-corrected chi connectivity index (χ0v) is 20.8. The third-order valence-electron chi connectivity index (χ3n) is 6.15. The van der Waals surface area contributed by atoms with Crippen LogP contribution in [0, 0.1) is 0 Å². The Morgan fingerprint density at radius 2 is 1.39 bits per heavy atom. The Labute approximate surface area is 221 Å². The molecule has 0 aliphatic rings. The molecule has 6 heteroatoms. The molecule has 0 aliphatic heterocycles. The molecule has 1 unspecified atom stereocenters. The molecule has 0 radical (unpaired) electrons. The van der Waals surface area contributed by atoms with Crippen LogP contribution < -0.4 is 10.1 Å². The summed E-state index contributed by atoms with van der Waals surface area (Å²) in [4.78, 5) is 29.5. The van der Waals surface area contributed by atoms with E-state index in [1.165, 1.54) is 0 Å². The van der Waals surface area contributed by atoms with E-state index >= 15 is 0 Å². The van der Waals surface area contributed by atoms with Crippen molar-refractivity contribution >= 4 is 22.6 Å². The average Bonchev–Trinajstić information content (AvgIpc) is 3.39. The summed E-state index contributed by atoms with van der Waals surface area (Å²) < 4.78 is 11.7. The molecule has 1 atom stereocenters. The van der Waals surface area contributed by atoms with Crippen LogP contribution in [0.1, 0.15) is 21.6 Å². The molecule has 38 heavy (non-hydrogen) atoms. The van der Waals surface area contributed by atoms with Gasteiger partial charge in [-0.15, -0.1) is 0 Å². The molecule has 1 heterocycles. The summed E-state index contributed by atoms with van der Waals surface area (Å²) in [5, 5.41) is 3.80. The van der Waals surface area contributed by atoms with Crippen molar-refractivity contribution in [3.63, 3.8) is 0 Å². The molecule has 0 fully saturated rings. The second-order valence-electron chi connectivity index (χ2n) is 9.00. The van der Waals surface area contributed by atoms with E-state index in [1.807, 2.05) is 109 Å². The number of fused-ring (bicyclic) bond motifs is 1. The van der Waals surface area contributed by atoms with Crippen LogP contribution in [-0.4, -0.2) is 29.3 Å². The van der Waals surface area contributed by atoms with Crippen molar-refractivity contribution in [3.8, 4) is 11.5 Å². The molecule has 0 aliphatic carbocycles. The summed E-state index contributed by atoms with van der Waals surface area (Å²) in [6.45, 7) is 0.410. The van der Waals surface area contributed by atoms with Gasteiger partial charge in [-0.2, -0.15) is 0 Å². The molecule has 1 amide bonds. The summed E-state index contributed by atoms with van der Waals surface area (Å²) in [6, 6.07) is 35.2. The van der Waals surface area contributed by atoms with E-state index in [1.54, 1.807) is 6.07 Å². The lowest BCUT2D eigenvalue weighted by Crippen LogP contribution is -2.45. The van der Waals surface area contributed by atoms with Gasteiger partial charge in [-0.25, -0.2) is 0 Å². The van der Waals surface area contributed by atoms with E-state index in [4.69, 9.17) is 9.47 Å². The first-order valence-corrected chi connectivity index (χ1v) is 12.5. The summed E-state index contributed by atoms with van der Waals surface area (Å²) in [7, 11) is 0. The zero-order valence-electron chi connectivity index (χ0n) is 20.8. The lowest BCUT2D eigenvalue weighted by molar-refractivity contribution is -0.121. The van der Waals surface area contributed by atoms with Crippen molar-refractivity contribution in [3.05, 3.63) is 132 Å². The van der Waals surface area contributed by atoms with Gasteiger partial charge in [0, 0.05) is 17.3 Å². The van der Waals surface area contributed by atoms with Gasteiger partial charge in [-0.3, -0.25) is 9.59 Å². The first kappa shape index (κ1) is 25.0. The smallest absolute Gasteiger partial charge is 0.268 e. The average molecular weight is 505 g/mol. The first-order valence-electron chi connectivity index (χ1n) is 12.5. The number of H-pyrrole nitrogens is 1. The van der Waals surface area contributed by atoms with Gasteiger partial charge in [0.15, 0.2) is 5.78 Å². The van der Waals surface area contributed by atoms with Crippen molar-refractivity contribution < 1.29 is 19.1 Å². The zero-order chi connectivity index (χ0) is 26.2. The fourth-order valence-electron chi connectivity index (χ4n) is 4.14. The van der Waals surface area contributed by atoms with Crippen LogP contribution in [-0.2, 0) is 22.6 Å². The number of Topliss-reactive ketones (excluding diaryl/α,β-unsaturated/α-hetero) is 1. The number of rotatable bonds is 11. The van der Waals surface area contributed by atoms with Gasteiger partial charge in [0.2, 0.25) is 0 Å². The number of para-hydroxylation sites is 2. The third kappa shape index (κ3) is 6.55. The molecule has 6 nitrogen and oxygen atoms in total. The number of ether oxygens (including phenoxy) is 2. The Balaban J connectivity index is 1.26. The Morgan fingerprint density at radius 1 is 0.737 bits per heavy atom. The highest BCUT2D eigenvalue weighted by Gasteiger charge is 2.23. The Hall–Kier alpha value is -4.68. The summed E-state index contributed by atoms with van der Waals surface area (Å²) in [5.74, 6) is 0.933. The number of carbonyl (C=O) groups is 2. The van der Waals surface area contributed by atoms with Crippen LogP contribution in [0.5, 0.6) is 11.5 Å². The van der Waals surface area contributed by atoms with Crippen LogP contribution in [0.4, 0.5) is 0 Å². The maximum Gasteiger partial charge on any atom is 0.268 e. The van der Waals surface area contributed by atoms with Gasteiger partial charge in [-0.1, -0.05) is 78.9 Å². The van der Waals surface area contributed by atoms with Crippen LogP contribution in [0.15, 0.2) is 115 Å². The summed E-state index contributed by atoms with van der Waals surface area (Å²) in [5.41, 5.74) is 3.08. The molecule has 4 aromatic carbocycles. The van der Waals surface area contributed by atoms with Crippen molar-refractivity contribution in [2.75, 3.05) is 6.61 Å². The second-order valence-corrected chi connectivity index (χ2v) is 9.00. The number of hydrogen-bond donors (Lipinski definition) is 2. The highest BCUT2D eigenvalue weighted by molar-refractivity contribution is 6.00. The SMILES string of the molecule is O=C(NC(COCc1ccccc1)C(=O)Cc1ccc(Oc2ccccc2)cc1)c1cc2ccccc2[nH]1. The van der Waals surface area contributed by atoms with E-state index in [0.717, 1.165) is 27.8 Å². The molecule has 5 rings (SSSR count). The van der Waals surface area contributed by atoms with Crippen LogP contribution >= 0.6 is 0 Å². The number of hydrogen-bond acceptors (Lipinski definition) is 4. The van der Waals surface area contributed by atoms with Crippen molar-refractivity contribution in [1.82, 2.24) is 10.3 Å². The van der Waals surface area contributed by atoms with Gasteiger partial charge in [0.25, 0.3) is 5.91 Å². The fourth-order valence-corrected chi connectivity index (χ4v) is 4.14. The minimum Gasteiger partial charge on any atom is -0.457 e. The largest absolute Gasteiger partial charge is 0.457 e. The standard InChI is InChI=1S/C32H28N2O4/c35-31(19-23-15-17-27(18-16-23)38-26-12-5-2-6-13-26)30(22-37-21-24-9-3-1-4-10-24)34-32(36)29-20-25-11-7-8-14-28(25)33-29/h1-18,20,30,33H,19,21-22H2,(H,34,36). The molecule has 0 saturated carbocycles. The van der Waals surface area contributed by atoms with Gasteiger partial charge in [0.05, 0.1) is 13.2 Å². The lowest BCUT2D eigenvalue weighted by Gasteiger charge is -2.18. The number of carbonyl (C=O) groups excluding carboxylic acids is 2. The molecule has 0 bridgehead atoms. The quantitative estimate of drug-likeness (QED) is 0.228. The number of aromatic amines is 1. The van der Waals surface area contributed by atoms with Crippen LogP contribution in [0.3, 0.4) is 0 Å². The monoisotopic (exact) mass is 504 g/mol. The summed E-state index contributed by atoms with van der Waals surface area (Å²) >= 11 is 0. The molecular formula is C32H28N2O4. The molecule has 0 spiro atoms. The van der Waals surface area contributed by atoms with E-state index < -0.39 is 6.04 Å². The Morgan fingerprint density at radius 3 is 2.13 bits per heavy atom. The molecule has 5 aromatic rings.